The molecule has 1 aliphatic rings. The second-order valence-electron chi connectivity index (χ2n) is 6.89. The topological polar surface area (TPSA) is 47.5 Å². The van der Waals surface area contributed by atoms with Gasteiger partial charge >= 0.3 is 0 Å². The van der Waals surface area contributed by atoms with Crippen molar-refractivity contribution in [2.24, 2.45) is 0 Å². The third-order valence-corrected chi connectivity index (χ3v) is 4.78. The molecule has 5 nitrogen and oxygen atoms in total. The van der Waals surface area contributed by atoms with Gasteiger partial charge in [-0.15, -0.1) is 0 Å². The van der Waals surface area contributed by atoms with Crippen LogP contribution >= 0.6 is 0 Å². The van der Waals surface area contributed by atoms with Gasteiger partial charge in [-0.2, -0.15) is 0 Å². The lowest BCUT2D eigenvalue weighted by molar-refractivity contribution is 0.320. The maximum Gasteiger partial charge on any atom is 0.131 e. The second kappa shape index (κ2) is 7.83. The highest BCUT2D eigenvalue weighted by molar-refractivity contribution is 5.43. The van der Waals surface area contributed by atoms with Crippen LogP contribution in [0.1, 0.15) is 49.2 Å². The van der Waals surface area contributed by atoms with E-state index in [1.165, 1.54) is 5.56 Å². The number of hydrogen-bond acceptors (Lipinski definition) is 5. The van der Waals surface area contributed by atoms with Crippen molar-refractivity contribution in [2.45, 2.75) is 38.6 Å². The molecule has 0 spiro atoms. The minimum absolute atomic E-state index is 0.354. The van der Waals surface area contributed by atoms with Crippen LogP contribution in [0.2, 0.25) is 0 Å². The summed E-state index contributed by atoms with van der Waals surface area (Å²) < 4.78 is 10.9. The Morgan fingerprint density at radius 2 is 2.04 bits per heavy atom. The summed E-state index contributed by atoms with van der Waals surface area (Å²) in [7, 11) is 3.43. The van der Waals surface area contributed by atoms with Crippen molar-refractivity contribution in [1.29, 1.82) is 0 Å². The summed E-state index contributed by atoms with van der Waals surface area (Å²) in [5.41, 5.74) is 2.33. The molecule has 5 heteroatoms. The molecule has 1 fully saturated rings. The fourth-order valence-electron chi connectivity index (χ4n) is 3.40. The number of benzene rings is 1. The zero-order valence-electron chi connectivity index (χ0n) is 15.5. The average molecular weight is 341 g/mol. The summed E-state index contributed by atoms with van der Waals surface area (Å²) >= 11 is 0. The lowest BCUT2D eigenvalue weighted by Gasteiger charge is -2.18. The molecule has 25 heavy (non-hydrogen) atoms. The number of likely N-dealkylation sites (tertiary alicyclic amines) is 1. The highest BCUT2D eigenvalue weighted by Crippen LogP contribution is 2.36. The molecule has 0 amide bonds. The third-order valence-electron chi connectivity index (χ3n) is 4.78. The smallest absolute Gasteiger partial charge is 0.131 e. The number of aromatic nitrogens is 2. The summed E-state index contributed by atoms with van der Waals surface area (Å²) in [6, 6.07) is 8.07. The summed E-state index contributed by atoms with van der Waals surface area (Å²) in [6.45, 7) is 7.18. The van der Waals surface area contributed by atoms with E-state index < -0.39 is 0 Å². The third kappa shape index (κ3) is 4.10. The van der Waals surface area contributed by atoms with Crippen molar-refractivity contribution < 1.29 is 9.47 Å². The van der Waals surface area contributed by atoms with Crippen LogP contribution in [0.5, 0.6) is 11.5 Å². The zero-order valence-corrected chi connectivity index (χ0v) is 15.5. The zero-order chi connectivity index (χ0) is 17.8. The molecule has 2 heterocycles. The maximum atomic E-state index is 5.56. The molecule has 1 aromatic heterocycles. The molecule has 3 rings (SSSR count). The van der Waals surface area contributed by atoms with Crippen molar-refractivity contribution in [3.8, 4) is 11.5 Å². The minimum atomic E-state index is 0.354. The Kier molecular flexibility index (Phi) is 5.53. The van der Waals surface area contributed by atoms with Gasteiger partial charge in [-0.3, -0.25) is 4.90 Å². The summed E-state index contributed by atoms with van der Waals surface area (Å²) in [5, 5.41) is 0. The Bertz CT molecular complexity index is 718. The molecule has 1 atom stereocenters. The summed E-state index contributed by atoms with van der Waals surface area (Å²) in [6.07, 6.45) is 2.99. The van der Waals surface area contributed by atoms with Gasteiger partial charge in [0.05, 0.1) is 19.9 Å². The standard InChI is InChI=1S/C20H27N3O2/c1-14(2)20-21-9-7-16(22-20)13-23-10-8-15(12-23)18-11-17(24-3)5-6-19(18)25-4/h5-7,9,11,14-15H,8,10,12-13H2,1-4H3/t15-/m0/s1. The first-order valence-corrected chi connectivity index (χ1v) is 8.86. The minimum Gasteiger partial charge on any atom is -0.497 e. The molecule has 134 valence electrons. The van der Waals surface area contributed by atoms with Crippen molar-refractivity contribution in [3.63, 3.8) is 0 Å². The van der Waals surface area contributed by atoms with E-state index in [-0.39, 0.29) is 0 Å². The molecule has 0 N–H and O–H groups in total. The van der Waals surface area contributed by atoms with Crippen LogP contribution in [0.25, 0.3) is 0 Å². The highest BCUT2D eigenvalue weighted by Gasteiger charge is 2.27. The van der Waals surface area contributed by atoms with Crippen LogP contribution in [0.3, 0.4) is 0 Å². The predicted molar refractivity (Wildman–Crippen MR) is 98.3 cm³/mol. The van der Waals surface area contributed by atoms with Crippen LogP contribution < -0.4 is 9.47 Å². The van der Waals surface area contributed by atoms with Gasteiger partial charge in [-0.1, -0.05) is 13.8 Å². The normalized spacial score (nSPS) is 17.9. The van der Waals surface area contributed by atoms with Gasteiger partial charge < -0.3 is 9.47 Å². The molecular weight excluding hydrogens is 314 g/mol. The Morgan fingerprint density at radius 1 is 1.20 bits per heavy atom. The van der Waals surface area contributed by atoms with Crippen molar-refractivity contribution in [1.82, 2.24) is 14.9 Å². The Balaban J connectivity index is 1.71. The maximum absolute atomic E-state index is 5.56. The van der Waals surface area contributed by atoms with Gasteiger partial charge in [-0.05, 0) is 37.2 Å². The molecule has 1 saturated heterocycles. The first-order valence-electron chi connectivity index (χ1n) is 8.86. The molecule has 1 aliphatic heterocycles. The van der Waals surface area contributed by atoms with E-state index in [9.17, 15) is 0 Å². The number of ether oxygens (including phenoxy) is 2. The van der Waals surface area contributed by atoms with Crippen LogP contribution in [-0.2, 0) is 6.54 Å². The average Bonchev–Trinajstić information content (AvgIpc) is 3.09. The van der Waals surface area contributed by atoms with E-state index >= 15 is 0 Å². The monoisotopic (exact) mass is 341 g/mol. The largest absolute Gasteiger partial charge is 0.497 e. The summed E-state index contributed by atoms with van der Waals surface area (Å²) in [4.78, 5) is 11.5. The van der Waals surface area contributed by atoms with E-state index in [1.807, 2.05) is 24.4 Å². The van der Waals surface area contributed by atoms with Crippen molar-refractivity contribution in [2.75, 3.05) is 27.3 Å². The molecule has 1 aromatic carbocycles. The van der Waals surface area contributed by atoms with Gasteiger partial charge in [-0.25, -0.2) is 9.97 Å². The SMILES string of the molecule is COc1ccc(OC)c([C@H]2CCN(Cc3ccnc(C(C)C)n3)C2)c1. The number of nitrogens with zero attached hydrogens (tertiary/aromatic N) is 3. The lowest BCUT2D eigenvalue weighted by atomic mass is 9.97. The molecule has 0 radical (unpaired) electrons. The quantitative estimate of drug-likeness (QED) is 0.803. The molecular formula is C20H27N3O2. The second-order valence-corrected chi connectivity index (χ2v) is 6.89. The van der Waals surface area contributed by atoms with E-state index in [2.05, 4.69) is 29.8 Å². The van der Waals surface area contributed by atoms with Crippen LogP contribution in [-0.4, -0.2) is 42.2 Å². The molecule has 0 bridgehead atoms. The number of methoxy groups -OCH3 is 2. The fraction of sp³-hybridized carbons (Fsp3) is 0.500. The highest BCUT2D eigenvalue weighted by atomic mass is 16.5. The van der Waals surface area contributed by atoms with E-state index in [0.29, 0.717) is 11.8 Å². The Labute approximate surface area is 150 Å². The van der Waals surface area contributed by atoms with Gasteiger partial charge in [0.15, 0.2) is 0 Å². The van der Waals surface area contributed by atoms with Crippen molar-refractivity contribution >= 4 is 0 Å². The predicted octanol–water partition coefficient (Wildman–Crippen LogP) is 3.61. The number of hydrogen-bond donors (Lipinski definition) is 0. The Morgan fingerprint density at radius 3 is 2.76 bits per heavy atom. The molecule has 0 unspecified atom stereocenters. The molecule has 2 aromatic rings. The van der Waals surface area contributed by atoms with Gasteiger partial charge in [0.2, 0.25) is 0 Å². The van der Waals surface area contributed by atoms with Crippen LogP contribution in [0, 0.1) is 0 Å². The first kappa shape index (κ1) is 17.7. The van der Waals surface area contributed by atoms with E-state index in [0.717, 1.165) is 49.1 Å². The van der Waals surface area contributed by atoms with E-state index in [1.54, 1.807) is 14.2 Å². The Hall–Kier alpha value is -2.14. The molecule has 0 saturated carbocycles. The summed E-state index contributed by atoms with van der Waals surface area (Å²) in [5.74, 6) is 3.55. The fourth-order valence-corrected chi connectivity index (χ4v) is 3.40. The van der Waals surface area contributed by atoms with Gasteiger partial charge in [0.1, 0.15) is 17.3 Å². The molecule has 0 aliphatic carbocycles. The number of rotatable bonds is 6. The lowest BCUT2D eigenvalue weighted by Crippen LogP contribution is -2.21. The first-order chi connectivity index (χ1) is 12.1. The van der Waals surface area contributed by atoms with Crippen LogP contribution in [0.15, 0.2) is 30.5 Å². The van der Waals surface area contributed by atoms with Crippen LogP contribution in [0.4, 0.5) is 0 Å². The van der Waals surface area contributed by atoms with Gasteiger partial charge in [0, 0.05) is 36.7 Å². The van der Waals surface area contributed by atoms with Crippen molar-refractivity contribution in [3.05, 3.63) is 47.5 Å². The van der Waals surface area contributed by atoms with E-state index in [4.69, 9.17) is 14.5 Å². The van der Waals surface area contributed by atoms with Gasteiger partial charge in [0.25, 0.3) is 0 Å².